The predicted octanol–water partition coefficient (Wildman–Crippen LogP) is 4.47. The number of rotatable bonds is 5. The van der Waals surface area contributed by atoms with Crippen molar-refractivity contribution in [1.82, 2.24) is 9.97 Å². The first-order valence-electron chi connectivity index (χ1n) is 7.95. The highest BCUT2D eigenvalue weighted by Gasteiger charge is 2.13. The third kappa shape index (κ3) is 3.61. The Morgan fingerprint density at radius 3 is 2.38 bits per heavy atom. The Morgan fingerprint density at radius 1 is 0.923 bits per heavy atom. The number of ether oxygens (including phenoxy) is 2. The number of aromatic nitrogens is 2. The molecule has 0 amide bonds. The lowest BCUT2D eigenvalue weighted by Gasteiger charge is -2.09. The minimum atomic E-state index is 0.197. The standard InChI is InChI=1S/C19H19N5O2/c1-12-17(18(22-19(20)21-12)13-7-5-4-6-8-13)24-23-15-10-9-14(25-2)11-16(15)26-3/h4-11H,1-3H3,(H2,20,21,22). The molecule has 1 aromatic heterocycles. The molecule has 0 fully saturated rings. The second-order valence-electron chi connectivity index (χ2n) is 5.47. The van der Waals surface area contributed by atoms with Crippen LogP contribution in [0.4, 0.5) is 17.3 Å². The van der Waals surface area contributed by atoms with E-state index < -0.39 is 0 Å². The molecule has 0 aliphatic rings. The van der Waals surface area contributed by atoms with Crippen LogP contribution in [-0.2, 0) is 0 Å². The van der Waals surface area contributed by atoms with Crippen molar-refractivity contribution in [3.63, 3.8) is 0 Å². The monoisotopic (exact) mass is 349 g/mol. The zero-order valence-corrected chi connectivity index (χ0v) is 14.8. The Balaban J connectivity index is 2.07. The Morgan fingerprint density at radius 2 is 1.69 bits per heavy atom. The van der Waals surface area contributed by atoms with Gasteiger partial charge in [0, 0.05) is 11.6 Å². The van der Waals surface area contributed by atoms with Crippen LogP contribution in [0.5, 0.6) is 11.5 Å². The van der Waals surface area contributed by atoms with Gasteiger partial charge in [-0.2, -0.15) is 0 Å². The molecule has 0 saturated carbocycles. The van der Waals surface area contributed by atoms with Gasteiger partial charge in [-0.3, -0.25) is 0 Å². The lowest BCUT2D eigenvalue weighted by atomic mass is 10.1. The summed E-state index contributed by atoms with van der Waals surface area (Å²) in [5.74, 6) is 1.43. The number of nitrogens with zero attached hydrogens (tertiary/aromatic N) is 4. The molecule has 0 unspecified atom stereocenters. The largest absolute Gasteiger partial charge is 0.497 e. The quantitative estimate of drug-likeness (QED) is 0.686. The topological polar surface area (TPSA) is 95.0 Å². The van der Waals surface area contributed by atoms with Crippen LogP contribution in [-0.4, -0.2) is 24.2 Å². The van der Waals surface area contributed by atoms with Gasteiger partial charge in [0.15, 0.2) is 0 Å². The fourth-order valence-corrected chi connectivity index (χ4v) is 2.48. The molecule has 0 aliphatic heterocycles. The van der Waals surface area contributed by atoms with E-state index in [1.165, 1.54) is 0 Å². The van der Waals surface area contributed by atoms with Crippen LogP contribution in [0.1, 0.15) is 5.69 Å². The van der Waals surface area contributed by atoms with Crippen LogP contribution < -0.4 is 15.2 Å². The van der Waals surface area contributed by atoms with Gasteiger partial charge in [0.25, 0.3) is 0 Å². The number of benzene rings is 2. The SMILES string of the molecule is COc1ccc(N=Nc2c(C)nc(N)nc2-c2ccccc2)c(OC)c1. The van der Waals surface area contributed by atoms with Crippen molar-refractivity contribution in [3.8, 4) is 22.8 Å². The Bertz CT molecular complexity index is 942. The number of hydrogen-bond acceptors (Lipinski definition) is 7. The predicted molar refractivity (Wildman–Crippen MR) is 100 cm³/mol. The maximum absolute atomic E-state index is 5.82. The number of nitrogens with two attached hydrogens (primary N) is 1. The molecule has 2 N–H and O–H groups in total. The van der Waals surface area contributed by atoms with Crippen molar-refractivity contribution >= 4 is 17.3 Å². The molecule has 0 saturated heterocycles. The molecule has 132 valence electrons. The van der Waals surface area contributed by atoms with E-state index >= 15 is 0 Å². The van der Waals surface area contributed by atoms with E-state index in [9.17, 15) is 0 Å². The summed E-state index contributed by atoms with van der Waals surface area (Å²) in [5, 5.41) is 8.70. The van der Waals surface area contributed by atoms with Gasteiger partial charge in [-0.25, -0.2) is 9.97 Å². The number of anilines is 1. The van der Waals surface area contributed by atoms with E-state index in [-0.39, 0.29) is 5.95 Å². The van der Waals surface area contributed by atoms with Crippen LogP contribution >= 0.6 is 0 Å². The van der Waals surface area contributed by atoms with Crippen LogP contribution in [0.15, 0.2) is 58.8 Å². The van der Waals surface area contributed by atoms with E-state index in [4.69, 9.17) is 15.2 Å². The molecule has 2 aromatic carbocycles. The molecule has 1 heterocycles. The fourth-order valence-electron chi connectivity index (χ4n) is 2.48. The average Bonchev–Trinajstić information content (AvgIpc) is 2.67. The summed E-state index contributed by atoms with van der Waals surface area (Å²) in [4.78, 5) is 8.55. The maximum Gasteiger partial charge on any atom is 0.220 e. The Hall–Kier alpha value is -3.48. The van der Waals surface area contributed by atoms with Crippen molar-refractivity contribution in [2.45, 2.75) is 6.92 Å². The smallest absolute Gasteiger partial charge is 0.220 e. The zero-order chi connectivity index (χ0) is 18.5. The molecule has 26 heavy (non-hydrogen) atoms. The van der Waals surface area contributed by atoms with Crippen molar-refractivity contribution in [1.29, 1.82) is 0 Å². The van der Waals surface area contributed by atoms with Gasteiger partial charge >= 0.3 is 0 Å². The minimum Gasteiger partial charge on any atom is -0.497 e. The number of azo groups is 1. The molecular weight excluding hydrogens is 330 g/mol. The van der Waals surface area contributed by atoms with Crippen LogP contribution in [0.2, 0.25) is 0 Å². The molecule has 0 aliphatic carbocycles. The average molecular weight is 349 g/mol. The fraction of sp³-hybridized carbons (Fsp3) is 0.158. The second kappa shape index (κ2) is 7.60. The van der Waals surface area contributed by atoms with Gasteiger partial charge in [0.1, 0.15) is 28.6 Å². The van der Waals surface area contributed by atoms with Crippen molar-refractivity contribution < 1.29 is 9.47 Å². The van der Waals surface area contributed by atoms with Gasteiger partial charge < -0.3 is 15.2 Å². The van der Waals surface area contributed by atoms with E-state index in [0.717, 1.165) is 5.56 Å². The number of nitrogen functional groups attached to an aromatic ring is 1. The van der Waals surface area contributed by atoms with E-state index in [0.29, 0.717) is 34.3 Å². The molecular formula is C19H19N5O2. The van der Waals surface area contributed by atoms with Gasteiger partial charge in [-0.1, -0.05) is 30.3 Å². The number of hydrogen-bond donors (Lipinski definition) is 1. The highest BCUT2D eigenvalue weighted by atomic mass is 16.5. The summed E-state index contributed by atoms with van der Waals surface area (Å²) in [6.45, 7) is 1.82. The highest BCUT2D eigenvalue weighted by molar-refractivity contribution is 5.74. The molecule has 0 bridgehead atoms. The van der Waals surface area contributed by atoms with E-state index in [1.807, 2.05) is 37.3 Å². The van der Waals surface area contributed by atoms with Crippen molar-refractivity contribution in [2.75, 3.05) is 20.0 Å². The third-order valence-electron chi connectivity index (χ3n) is 3.77. The van der Waals surface area contributed by atoms with Crippen molar-refractivity contribution in [3.05, 3.63) is 54.2 Å². The number of aryl methyl sites for hydroxylation is 1. The molecule has 3 aromatic rings. The first-order chi connectivity index (χ1) is 12.6. The third-order valence-corrected chi connectivity index (χ3v) is 3.77. The normalized spacial score (nSPS) is 10.9. The molecule has 0 radical (unpaired) electrons. The maximum atomic E-state index is 5.82. The summed E-state index contributed by atoms with van der Waals surface area (Å²) in [6.07, 6.45) is 0. The summed E-state index contributed by atoms with van der Waals surface area (Å²) in [5.41, 5.74) is 9.12. The second-order valence-corrected chi connectivity index (χ2v) is 5.47. The van der Waals surface area contributed by atoms with Gasteiger partial charge in [0.05, 0.1) is 19.9 Å². The highest BCUT2D eigenvalue weighted by Crippen LogP contribution is 2.36. The van der Waals surface area contributed by atoms with Gasteiger partial charge in [-0.05, 0) is 19.1 Å². The molecule has 0 spiro atoms. The summed E-state index contributed by atoms with van der Waals surface area (Å²) < 4.78 is 10.6. The molecule has 3 rings (SSSR count). The lowest BCUT2D eigenvalue weighted by molar-refractivity contribution is 0.395. The van der Waals surface area contributed by atoms with Gasteiger partial charge in [-0.15, -0.1) is 10.2 Å². The summed E-state index contributed by atoms with van der Waals surface area (Å²) in [6, 6.07) is 15.0. The van der Waals surface area contributed by atoms with E-state index in [2.05, 4.69) is 20.2 Å². The van der Waals surface area contributed by atoms with Crippen LogP contribution in [0.25, 0.3) is 11.3 Å². The van der Waals surface area contributed by atoms with E-state index in [1.54, 1.807) is 32.4 Å². The van der Waals surface area contributed by atoms with Gasteiger partial charge in [0.2, 0.25) is 5.95 Å². The first kappa shape index (κ1) is 17.3. The lowest BCUT2D eigenvalue weighted by Crippen LogP contribution is -1.99. The number of methoxy groups -OCH3 is 2. The van der Waals surface area contributed by atoms with Crippen LogP contribution in [0.3, 0.4) is 0 Å². The minimum absolute atomic E-state index is 0.197. The molecule has 7 heteroatoms. The Kier molecular flexibility index (Phi) is 5.07. The zero-order valence-electron chi connectivity index (χ0n) is 14.8. The Labute approximate surface area is 151 Å². The first-order valence-corrected chi connectivity index (χ1v) is 7.95. The van der Waals surface area contributed by atoms with Crippen molar-refractivity contribution in [2.24, 2.45) is 10.2 Å². The molecule has 0 atom stereocenters. The van der Waals surface area contributed by atoms with Crippen LogP contribution in [0, 0.1) is 6.92 Å². The summed E-state index contributed by atoms with van der Waals surface area (Å²) >= 11 is 0. The summed E-state index contributed by atoms with van der Waals surface area (Å²) in [7, 11) is 3.16. The molecule has 7 nitrogen and oxygen atoms in total.